The first-order valence-electron chi connectivity index (χ1n) is 2.57. The summed E-state index contributed by atoms with van der Waals surface area (Å²) in [5.74, 6) is 0. The van der Waals surface area contributed by atoms with E-state index in [1.165, 1.54) is 4.21 Å². The molecule has 1 rings (SSSR count). The van der Waals surface area contributed by atoms with Gasteiger partial charge in [0, 0.05) is 0 Å². The van der Waals surface area contributed by atoms with Crippen LogP contribution in [-0.2, 0) is 0 Å². The largest absolute Gasteiger partial charge is 0.157 e. The molecule has 0 nitrogen and oxygen atoms in total. The quantitative estimate of drug-likeness (QED) is 0.686. The molecule has 1 aromatic heterocycles. The Hall–Kier alpha value is 0.780. The third kappa shape index (κ3) is 2.13. The van der Waals surface area contributed by atoms with Crippen LogP contribution in [0.15, 0.2) is 21.7 Å². The molecule has 0 fully saturated rings. The van der Waals surface area contributed by atoms with Crippen LogP contribution in [0.1, 0.15) is 0 Å². The van der Waals surface area contributed by atoms with Crippen molar-refractivity contribution in [2.45, 2.75) is 4.21 Å². The van der Waals surface area contributed by atoms with Crippen molar-refractivity contribution in [3.05, 3.63) is 17.5 Å². The lowest BCUT2D eigenvalue weighted by Crippen LogP contribution is -1.78. The summed E-state index contributed by atoms with van der Waals surface area (Å²) in [6.45, 7) is 0. The Kier molecular flexibility index (Phi) is 2.45. The van der Waals surface area contributed by atoms with Crippen LogP contribution >= 0.6 is 39.7 Å². The molecule has 0 unspecified atom stereocenters. The maximum absolute atomic E-state index is 2.53. The molecule has 0 saturated heterocycles. The first-order chi connectivity index (χ1) is 4.11. The Labute approximate surface area is 73.6 Å². The van der Waals surface area contributed by atoms with Gasteiger partial charge in [-0.3, -0.25) is 0 Å². The summed E-state index contributed by atoms with van der Waals surface area (Å²) in [5.41, 5.74) is 0. The van der Waals surface area contributed by atoms with E-state index in [2.05, 4.69) is 51.2 Å². The second kappa shape index (κ2) is 2.80. The summed E-state index contributed by atoms with van der Waals surface area (Å²) in [6.07, 6.45) is 4.61. The van der Waals surface area contributed by atoms with Crippen LogP contribution in [0.25, 0.3) is 0 Å². The molecule has 0 amide bonds. The molecule has 0 aliphatic carbocycles. The molecule has 0 radical (unpaired) electrons. The van der Waals surface area contributed by atoms with E-state index < -0.39 is 7.20 Å². The highest BCUT2D eigenvalue weighted by molar-refractivity contribution is 14.2. The summed E-state index contributed by atoms with van der Waals surface area (Å²) in [7, 11) is -0.471. The zero-order valence-corrected chi connectivity index (χ0v) is 9.22. The lowest BCUT2D eigenvalue weighted by atomic mass is 10.7. The summed E-state index contributed by atoms with van der Waals surface area (Å²) in [6, 6.07) is 4.33. The lowest BCUT2D eigenvalue weighted by Gasteiger charge is -2.19. The number of thiophene rings is 1. The standard InChI is InChI=1S/C6H9IS2/c1-9(2,7)6-4-3-5-8-6/h3-5H,1-2H3. The Balaban J connectivity index is 2.90. The molecule has 1 aromatic rings. The summed E-state index contributed by atoms with van der Waals surface area (Å²) in [5, 5.41) is 2.14. The molecule has 0 aliphatic heterocycles. The first-order valence-corrected chi connectivity index (χ1v) is 8.44. The second-order valence-electron chi connectivity index (χ2n) is 2.13. The molecule has 0 bridgehead atoms. The van der Waals surface area contributed by atoms with Crippen LogP contribution in [0.3, 0.4) is 0 Å². The van der Waals surface area contributed by atoms with Gasteiger partial charge in [-0.25, -0.2) is 0 Å². The highest BCUT2D eigenvalue weighted by atomic mass is 127. The number of halogens is 1. The van der Waals surface area contributed by atoms with E-state index in [9.17, 15) is 0 Å². The molecule has 0 spiro atoms. The summed E-state index contributed by atoms with van der Waals surface area (Å²) >= 11 is 4.39. The van der Waals surface area contributed by atoms with Crippen LogP contribution in [0, 0.1) is 0 Å². The van der Waals surface area contributed by atoms with Crippen LogP contribution in [0.5, 0.6) is 0 Å². The van der Waals surface area contributed by atoms with Crippen LogP contribution in [-0.4, -0.2) is 12.5 Å². The van der Waals surface area contributed by atoms with E-state index in [1.54, 1.807) is 0 Å². The van der Waals surface area contributed by atoms with Gasteiger partial charge >= 0.3 is 0 Å². The predicted octanol–water partition coefficient (Wildman–Crippen LogP) is 3.52. The fraction of sp³-hybridized carbons (Fsp3) is 0.333. The third-order valence-corrected chi connectivity index (χ3v) is 6.59. The molecule has 52 valence electrons. The normalized spacial score (nSPS) is 13.7. The van der Waals surface area contributed by atoms with Gasteiger partial charge in [-0.15, -0.1) is 11.3 Å². The average molecular weight is 272 g/mol. The van der Waals surface area contributed by atoms with Gasteiger partial charge in [0.1, 0.15) is 0 Å². The topological polar surface area (TPSA) is 0 Å². The monoisotopic (exact) mass is 272 g/mol. The van der Waals surface area contributed by atoms with Crippen molar-refractivity contribution in [1.29, 1.82) is 0 Å². The van der Waals surface area contributed by atoms with Gasteiger partial charge in [0.2, 0.25) is 0 Å². The molecule has 0 aliphatic rings. The Bertz CT molecular complexity index is 173. The van der Waals surface area contributed by atoms with Crippen LogP contribution in [0.4, 0.5) is 0 Å². The third-order valence-electron chi connectivity index (χ3n) is 0.973. The average Bonchev–Trinajstić information content (AvgIpc) is 2.08. The van der Waals surface area contributed by atoms with E-state index in [0.29, 0.717) is 0 Å². The smallest absolute Gasteiger partial charge is 0.0509 e. The molecule has 1 heterocycles. The van der Waals surface area contributed by atoms with Gasteiger partial charge in [-0.2, -0.15) is 7.20 Å². The molecule has 0 atom stereocenters. The zero-order valence-electron chi connectivity index (χ0n) is 5.43. The number of hydrogen-bond donors (Lipinski definition) is 0. The lowest BCUT2D eigenvalue weighted by molar-refractivity contribution is 1.72. The van der Waals surface area contributed by atoms with Crippen molar-refractivity contribution in [3.63, 3.8) is 0 Å². The Morgan fingerprint density at radius 1 is 1.56 bits per heavy atom. The van der Waals surface area contributed by atoms with Gasteiger partial charge in [-0.05, 0) is 45.2 Å². The fourth-order valence-corrected chi connectivity index (χ4v) is 3.85. The molecule has 3 heteroatoms. The van der Waals surface area contributed by atoms with Gasteiger partial charge in [0.15, 0.2) is 0 Å². The minimum atomic E-state index is -0.471. The van der Waals surface area contributed by atoms with Gasteiger partial charge in [-0.1, -0.05) is 6.07 Å². The molecule has 0 N–H and O–H groups in total. The van der Waals surface area contributed by atoms with Gasteiger partial charge in [0.25, 0.3) is 0 Å². The molecule has 0 aromatic carbocycles. The Morgan fingerprint density at radius 3 is 2.44 bits per heavy atom. The van der Waals surface area contributed by atoms with E-state index in [4.69, 9.17) is 0 Å². The molecular formula is C6H9IS2. The summed E-state index contributed by atoms with van der Waals surface area (Å²) in [4.78, 5) is 0. The van der Waals surface area contributed by atoms with Crippen molar-refractivity contribution in [2.24, 2.45) is 0 Å². The van der Waals surface area contributed by atoms with Crippen molar-refractivity contribution in [1.82, 2.24) is 0 Å². The minimum Gasteiger partial charge on any atom is -0.157 e. The van der Waals surface area contributed by atoms with Crippen molar-refractivity contribution in [2.75, 3.05) is 12.5 Å². The Morgan fingerprint density at radius 2 is 2.22 bits per heavy atom. The van der Waals surface area contributed by atoms with Crippen LogP contribution in [0.2, 0.25) is 0 Å². The second-order valence-corrected chi connectivity index (χ2v) is 12.8. The van der Waals surface area contributed by atoms with E-state index in [0.717, 1.165) is 0 Å². The highest BCUT2D eigenvalue weighted by Gasteiger charge is 2.09. The van der Waals surface area contributed by atoms with E-state index in [1.807, 2.05) is 11.3 Å². The van der Waals surface area contributed by atoms with Crippen LogP contribution < -0.4 is 0 Å². The number of rotatable bonds is 1. The fourth-order valence-electron chi connectivity index (χ4n) is 0.540. The molecular weight excluding hydrogens is 263 g/mol. The van der Waals surface area contributed by atoms with Gasteiger partial charge in [0.05, 0.1) is 4.21 Å². The molecule has 0 saturated carbocycles. The molecule has 9 heavy (non-hydrogen) atoms. The maximum Gasteiger partial charge on any atom is 0.0509 e. The van der Waals surface area contributed by atoms with Crippen molar-refractivity contribution in [3.8, 4) is 0 Å². The predicted molar refractivity (Wildman–Crippen MR) is 56.0 cm³/mol. The minimum absolute atomic E-state index is 0.471. The highest BCUT2D eigenvalue weighted by Crippen LogP contribution is 2.58. The summed E-state index contributed by atoms with van der Waals surface area (Å²) < 4.78 is 1.53. The zero-order chi connectivity index (χ0) is 6.91. The van der Waals surface area contributed by atoms with E-state index >= 15 is 0 Å². The SMILES string of the molecule is CS(C)(I)c1cccs1. The van der Waals surface area contributed by atoms with Gasteiger partial charge < -0.3 is 0 Å². The number of hydrogen-bond acceptors (Lipinski definition) is 1. The first kappa shape index (κ1) is 7.88. The van der Waals surface area contributed by atoms with Crippen molar-refractivity contribution < 1.29 is 0 Å². The van der Waals surface area contributed by atoms with Crippen molar-refractivity contribution >= 4 is 39.7 Å². The van der Waals surface area contributed by atoms with E-state index in [-0.39, 0.29) is 0 Å². The maximum atomic E-state index is 2.53.